The molecule has 1 N–H and O–H groups in total. The fraction of sp³-hybridized carbons (Fsp3) is 0.333. The lowest BCUT2D eigenvalue weighted by molar-refractivity contribution is -0.140. The monoisotopic (exact) mass is 619 g/mol. The fourth-order valence-electron chi connectivity index (χ4n) is 4.30. The smallest absolute Gasteiger partial charge is 0.264 e. The predicted octanol–water partition coefficient (Wildman–Crippen LogP) is 5.92. The number of unbranched alkanes of at least 4 members (excludes halogenated alkanes) is 1. The summed E-state index contributed by atoms with van der Waals surface area (Å²) < 4.78 is 34.1. The number of methoxy groups -OCH3 is 1. The van der Waals surface area contributed by atoms with Gasteiger partial charge in [-0.2, -0.15) is 0 Å². The molecule has 0 aliphatic carbocycles. The Kier molecular flexibility index (Phi) is 11.9. The van der Waals surface area contributed by atoms with Gasteiger partial charge in [-0.15, -0.1) is 0 Å². The highest BCUT2D eigenvalue weighted by molar-refractivity contribution is 7.92. The summed E-state index contributed by atoms with van der Waals surface area (Å²) in [7, 11) is -2.71. The van der Waals surface area contributed by atoms with Gasteiger partial charge in [0.2, 0.25) is 11.8 Å². The number of halogens is 2. The molecule has 8 nitrogen and oxygen atoms in total. The Morgan fingerprint density at radius 3 is 2.37 bits per heavy atom. The lowest BCUT2D eigenvalue weighted by atomic mass is 10.1. The number of carbonyl (C=O) groups is 2. The lowest BCUT2D eigenvalue weighted by Gasteiger charge is -2.33. The number of nitrogens with one attached hydrogen (secondary N) is 1. The van der Waals surface area contributed by atoms with Crippen LogP contribution in [0.5, 0.6) is 5.75 Å². The van der Waals surface area contributed by atoms with Crippen LogP contribution in [-0.4, -0.2) is 51.4 Å². The van der Waals surface area contributed by atoms with E-state index in [0.717, 1.165) is 22.7 Å². The number of benzene rings is 3. The SMILES string of the molecule is CCCCNC(=O)[C@@H](CC)N(Cc1cccc(OC)c1)C(=O)CN(c1cc(Cl)ccc1Cl)S(=O)(=O)c1ccccc1. The van der Waals surface area contributed by atoms with Gasteiger partial charge < -0.3 is 15.0 Å². The van der Waals surface area contributed by atoms with E-state index in [4.69, 9.17) is 27.9 Å². The van der Waals surface area contributed by atoms with Gasteiger partial charge in [0, 0.05) is 18.1 Å². The number of ether oxygens (including phenoxy) is 1. The second-order valence-corrected chi connectivity index (χ2v) is 12.1. The highest BCUT2D eigenvalue weighted by Gasteiger charge is 2.34. The molecule has 0 bridgehead atoms. The van der Waals surface area contributed by atoms with Crippen LogP contribution in [0.4, 0.5) is 5.69 Å². The van der Waals surface area contributed by atoms with Crippen molar-refractivity contribution in [3.63, 3.8) is 0 Å². The van der Waals surface area contributed by atoms with E-state index in [9.17, 15) is 18.0 Å². The Labute approximate surface area is 252 Å². The zero-order chi connectivity index (χ0) is 30.0. The molecule has 0 aliphatic rings. The van der Waals surface area contributed by atoms with Crippen LogP contribution in [0.1, 0.15) is 38.7 Å². The number of hydrogen-bond donors (Lipinski definition) is 1. The molecule has 0 unspecified atom stereocenters. The van der Waals surface area contributed by atoms with E-state index in [-0.39, 0.29) is 33.1 Å². The van der Waals surface area contributed by atoms with Crippen molar-refractivity contribution in [2.45, 2.75) is 50.6 Å². The summed E-state index contributed by atoms with van der Waals surface area (Å²) in [6.45, 7) is 3.74. The molecule has 1 atom stereocenters. The molecule has 3 aromatic carbocycles. The highest BCUT2D eigenvalue weighted by Crippen LogP contribution is 2.33. The van der Waals surface area contributed by atoms with E-state index in [1.54, 1.807) is 43.5 Å². The van der Waals surface area contributed by atoms with Crippen molar-refractivity contribution < 1.29 is 22.7 Å². The molecule has 0 fully saturated rings. The zero-order valence-electron chi connectivity index (χ0n) is 23.3. The van der Waals surface area contributed by atoms with Crippen LogP contribution in [0.25, 0.3) is 0 Å². The van der Waals surface area contributed by atoms with Gasteiger partial charge in [0.25, 0.3) is 10.0 Å². The Balaban J connectivity index is 2.07. The van der Waals surface area contributed by atoms with E-state index in [0.29, 0.717) is 18.7 Å². The van der Waals surface area contributed by atoms with Crippen molar-refractivity contribution in [2.75, 3.05) is 24.5 Å². The molecule has 11 heteroatoms. The molecular formula is C30H35Cl2N3O5S. The third-order valence-corrected chi connectivity index (χ3v) is 8.82. The molecule has 0 aliphatic heterocycles. The lowest BCUT2D eigenvalue weighted by Crippen LogP contribution is -2.52. The summed E-state index contributed by atoms with van der Waals surface area (Å²) in [5.41, 5.74) is 0.772. The van der Waals surface area contributed by atoms with Crippen LogP contribution >= 0.6 is 23.2 Å². The number of rotatable bonds is 14. The van der Waals surface area contributed by atoms with Gasteiger partial charge in [0.05, 0.1) is 22.7 Å². The molecule has 41 heavy (non-hydrogen) atoms. The molecule has 0 spiro atoms. The maximum absolute atomic E-state index is 14.1. The number of anilines is 1. The average Bonchev–Trinajstić information content (AvgIpc) is 2.97. The molecule has 3 aromatic rings. The van der Waals surface area contributed by atoms with Crippen LogP contribution in [0.15, 0.2) is 77.7 Å². The van der Waals surface area contributed by atoms with Gasteiger partial charge in [-0.25, -0.2) is 8.42 Å². The summed E-state index contributed by atoms with van der Waals surface area (Å²) >= 11 is 12.7. The molecular weight excluding hydrogens is 585 g/mol. The van der Waals surface area contributed by atoms with Gasteiger partial charge in [-0.05, 0) is 60.9 Å². The Morgan fingerprint density at radius 1 is 0.976 bits per heavy atom. The van der Waals surface area contributed by atoms with Gasteiger partial charge in [-0.1, -0.05) is 73.8 Å². The molecule has 0 saturated carbocycles. The first kappa shape index (κ1) is 32.2. The van der Waals surface area contributed by atoms with Gasteiger partial charge >= 0.3 is 0 Å². The third-order valence-electron chi connectivity index (χ3n) is 6.49. The van der Waals surface area contributed by atoms with Crippen molar-refractivity contribution in [2.24, 2.45) is 0 Å². The minimum atomic E-state index is -4.25. The Morgan fingerprint density at radius 2 is 1.71 bits per heavy atom. The van der Waals surface area contributed by atoms with E-state index in [2.05, 4.69) is 5.32 Å². The Bertz CT molecular complexity index is 1440. The molecule has 0 heterocycles. The highest BCUT2D eigenvalue weighted by atomic mass is 35.5. The van der Waals surface area contributed by atoms with E-state index in [1.165, 1.54) is 35.2 Å². The molecule has 2 amide bonds. The average molecular weight is 621 g/mol. The number of nitrogens with zero attached hydrogens (tertiary/aromatic N) is 2. The van der Waals surface area contributed by atoms with Crippen molar-refractivity contribution in [1.82, 2.24) is 10.2 Å². The topological polar surface area (TPSA) is 96.0 Å². The van der Waals surface area contributed by atoms with Crippen LogP contribution in [0.3, 0.4) is 0 Å². The third kappa shape index (κ3) is 8.38. The first-order valence-corrected chi connectivity index (χ1v) is 15.5. The number of sulfonamides is 1. The largest absolute Gasteiger partial charge is 0.497 e. The van der Waals surface area contributed by atoms with Crippen molar-refractivity contribution in [1.29, 1.82) is 0 Å². The van der Waals surface area contributed by atoms with E-state index < -0.39 is 28.5 Å². The molecule has 0 saturated heterocycles. The second kappa shape index (κ2) is 15.1. The predicted molar refractivity (Wildman–Crippen MR) is 163 cm³/mol. The van der Waals surface area contributed by atoms with Gasteiger partial charge in [0.15, 0.2) is 0 Å². The normalized spacial score (nSPS) is 11.9. The summed E-state index contributed by atoms with van der Waals surface area (Å²) in [5.74, 6) is -0.300. The maximum Gasteiger partial charge on any atom is 0.264 e. The molecule has 220 valence electrons. The summed E-state index contributed by atoms with van der Waals surface area (Å²) in [5, 5.41) is 3.26. The summed E-state index contributed by atoms with van der Waals surface area (Å²) in [6.07, 6.45) is 2.01. The van der Waals surface area contributed by atoms with E-state index in [1.807, 2.05) is 19.9 Å². The number of hydrogen-bond acceptors (Lipinski definition) is 5. The zero-order valence-corrected chi connectivity index (χ0v) is 25.7. The summed E-state index contributed by atoms with van der Waals surface area (Å²) in [4.78, 5) is 28.8. The fourth-order valence-corrected chi connectivity index (χ4v) is 6.19. The van der Waals surface area contributed by atoms with Crippen LogP contribution < -0.4 is 14.4 Å². The maximum atomic E-state index is 14.1. The van der Waals surface area contributed by atoms with Gasteiger partial charge in [-0.3, -0.25) is 13.9 Å². The summed E-state index contributed by atoms with van der Waals surface area (Å²) in [6, 6.07) is 18.5. The second-order valence-electron chi connectivity index (χ2n) is 9.36. The number of amides is 2. The van der Waals surface area contributed by atoms with Crippen molar-refractivity contribution >= 4 is 50.7 Å². The van der Waals surface area contributed by atoms with Gasteiger partial charge in [0.1, 0.15) is 18.3 Å². The van der Waals surface area contributed by atoms with Crippen molar-refractivity contribution in [3.8, 4) is 5.75 Å². The molecule has 0 radical (unpaired) electrons. The minimum Gasteiger partial charge on any atom is -0.497 e. The minimum absolute atomic E-state index is 0.0208. The van der Waals surface area contributed by atoms with Crippen molar-refractivity contribution in [3.05, 3.63) is 88.4 Å². The Hall–Kier alpha value is -3.27. The molecule has 3 rings (SSSR count). The van der Waals surface area contributed by atoms with E-state index >= 15 is 0 Å². The van der Waals surface area contributed by atoms with Crippen LogP contribution in [0, 0.1) is 0 Å². The quantitative estimate of drug-likeness (QED) is 0.226. The first-order chi connectivity index (χ1) is 19.6. The number of carbonyl (C=O) groups excluding carboxylic acids is 2. The first-order valence-electron chi connectivity index (χ1n) is 13.3. The van der Waals surface area contributed by atoms with Crippen LogP contribution in [-0.2, 0) is 26.2 Å². The van der Waals surface area contributed by atoms with Crippen LogP contribution in [0.2, 0.25) is 10.0 Å². The standard InChI is InChI=1S/C30H35Cl2N3O5S/c1-4-6-17-33-30(37)27(5-2)34(20-22-11-10-12-24(18-22)40-3)29(36)21-35(28-19-23(31)15-16-26(28)32)41(38,39)25-13-8-7-9-14-25/h7-16,18-19,27H,4-6,17,20-21H2,1-3H3,(H,33,37)/t27-/m1/s1. The molecule has 0 aromatic heterocycles.